The molecule has 4 heteroatoms. The lowest BCUT2D eigenvalue weighted by molar-refractivity contribution is -0.147. The summed E-state index contributed by atoms with van der Waals surface area (Å²) in [5, 5.41) is 9.54. The first-order chi connectivity index (χ1) is 10.7. The summed E-state index contributed by atoms with van der Waals surface area (Å²) in [6.45, 7) is 0.694. The molecular formula is C18H19NO3. The maximum absolute atomic E-state index is 13.1. The van der Waals surface area contributed by atoms with E-state index in [0.717, 1.165) is 24.9 Å². The normalized spacial score (nSPS) is 32.1. The molecule has 0 unspecified atom stereocenters. The molecule has 1 aliphatic heterocycles. The van der Waals surface area contributed by atoms with Gasteiger partial charge in [-0.2, -0.15) is 0 Å². The SMILES string of the molecule is O=C(O)[C@@H]1[C@@H](C(=O)N2CCCc3ccccc32)[C@@H]2C=C[C@H]1C2. The number of hydrogen-bond acceptors (Lipinski definition) is 2. The summed E-state index contributed by atoms with van der Waals surface area (Å²) in [6.07, 6.45) is 6.76. The molecule has 3 aliphatic rings. The van der Waals surface area contributed by atoms with Gasteiger partial charge in [-0.05, 0) is 42.7 Å². The van der Waals surface area contributed by atoms with E-state index in [1.165, 1.54) is 5.56 Å². The van der Waals surface area contributed by atoms with Gasteiger partial charge in [-0.25, -0.2) is 0 Å². The number of allylic oxidation sites excluding steroid dienone is 2. The fourth-order valence-electron chi connectivity index (χ4n) is 4.44. The quantitative estimate of drug-likeness (QED) is 0.853. The first-order valence-corrected chi connectivity index (χ1v) is 7.97. The third kappa shape index (κ3) is 1.90. The van der Waals surface area contributed by atoms with E-state index in [4.69, 9.17) is 0 Å². The number of aryl methyl sites for hydroxylation is 1. The molecule has 22 heavy (non-hydrogen) atoms. The molecule has 0 spiro atoms. The van der Waals surface area contributed by atoms with E-state index in [-0.39, 0.29) is 17.7 Å². The van der Waals surface area contributed by atoms with Crippen molar-refractivity contribution in [1.29, 1.82) is 0 Å². The lowest BCUT2D eigenvalue weighted by Gasteiger charge is -2.34. The molecule has 1 saturated carbocycles. The number of fused-ring (bicyclic) bond motifs is 3. The minimum Gasteiger partial charge on any atom is -0.481 e. The molecule has 1 aromatic carbocycles. The van der Waals surface area contributed by atoms with Gasteiger partial charge in [-0.1, -0.05) is 30.4 Å². The molecule has 1 N–H and O–H groups in total. The van der Waals surface area contributed by atoms with Gasteiger partial charge in [0.05, 0.1) is 11.8 Å². The first kappa shape index (κ1) is 13.6. The lowest BCUT2D eigenvalue weighted by Crippen LogP contribution is -2.45. The number of benzene rings is 1. The van der Waals surface area contributed by atoms with Crippen molar-refractivity contribution >= 4 is 17.6 Å². The Kier molecular flexibility index (Phi) is 3.06. The van der Waals surface area contributed by atoms with Crippen LogP contribution in [-0.4, -0.2) is 23.5 Å². The third-order valence-corrected chi connectivity index (χ3v) is 5.41. The third-order valence-electron chi connectivity index (χ3n) is 5.41. The monoisotopic (exact) mass is 297 g/mol. The number of hydrogen-bond donors (Lipinski definition) is 1. The highest BCUT2D eigenvalue weighted by Crippen LogP contribution is 2.49. The van der Waals surface area contributed by atoms with Gasteiger partial charge in [-0.3, -0.25) is 9.59 Å². The van der Waals surface area contributed by atoms with Crippen LogP contribution >= 0.6 is 0 Å². The molecule has 0 aromatic heterocycles. The molecule has 4 rings (SSSR count). The zero-order valence-electron chi connectivity index (χ0n) is 12.3. The van der Waals surface area contributed by atoms with Crippen LogP contribution in [0.1, 0.15) is 18.4 Å². The van der Waals surface area contributed by atoms with Gasteiger partial charge >= 0.3 is 5.97 Å². The Labute approximate surface area is 129 Å². The zero-order valence-corrected chi connectivity index (χ0v) is 12.3. The fourth-order valence-corrected chi connectivity index (χ4v) is 4.44. The highest BCUT2D eigenvalue weighted by molar-refractivity contribution is 5.99. The van der Waals surface area contributed by atoms with Crippen LogP contribution in [0.2, 0.25) is 0 Å². The molecule has 114 valence electrons. The van der Waals surface area contributed by atoms with Crippen molar-refractivity contribution in [1.82, 2.24) is 0 Å². The van der Waals surface area contributed by atoms with Crippen molar-refractivity contribution in [3.8, 4) is 0 Å². The van der Waals surface area contributed by atoms with Crippen molar-refractivity contribution in [3.05, 3.63) is 42.0 Å². The number of amides is 1. The van der Waals surface area contributed by atoms with Crippen molar-refractivity contribution < 1.29 is 14.7 Å². The summed E-state index contributed by atoms with van der Waals surface area (Å²) in [6, 6.07) is 7.97. The molecule has 0 saturated heterocycles. The summed E-state index contributed by atoms with van der Waals surface area (Å²) in [5.74, 6) is -1.68. The number of carboxylic acids is 1. The van der Waals surface area contributed by atoms with E-state index in [1.54, 1.807) is 0 Å². The average molecular weight is 297 g/mol. The summed E-state index contributed by atoms with van der Waals surface area (Å²) < 4.78 is 0. The molecule has 4 nitrogen and oxygen atoms in total. The molecule has 0 radical (unpaired) electrons. The maximum atomic E-state index is 13.1. The Balaban J connectivity index is 1.68. The average Bonchev–Trinajstić information content (AvgIpc) is 3.14. The number of nitrogens with zero attached hydrogens (tertiary/aromatic N) is 1. The smallest absolute Gasteiger partial charge is 0.307 e. The number of carbonyl (C=O) groups excluding carboxylic acids is 1. The predicted molar refractivity (Wildman–Crippen MR) is 82.5 cm³/mol. The summed E-state index contributed by atoms with van der Waals surface area (Å²) >= 11 is 0. The fraction of sp³-hybridized carbons (Fsp3) is 0.444. The largest absolute Gasteiger partial charge is 0.481 e. The topological polar surface area (TPSA) is 57.6 Å². The van der Waals surface area contributed by atoms with Gasteiger partial charge in [0.1, 0.15) is 0 Å². The Morgan fingerprint density at radius 3 is 2.59 bits per heavy atom. The van der Waals surface area contributed by atoms with E-state index in [0.29, 0.717) is 6.54 Å². The van der Waals surface area contributed by atoms with E-state index in [9.17, 15) is 14.7 Å². The minimum atomic E-state index is -0.833. The van der Waals surface area contributed by atoms with Crippen LogP contribution in [0.25, 0.3) is 0 Å². The number of aliphatic carboxylic acids is 1. The van der Waals surface area contributed by atoms with Gasteiger partial charge in [0.25, 0.3) is 0 Å². The van der Waals surface area contributed by atoms with Crippen LogP contribution in [0, 0.1) is 23.7 Å². The Morgan fingerprint density at radius 2 is 1.82 bits per heavy atom. The standard InChI is InChI=1S/C18H19NO3/c20-17(15-12-7-8-13(10-12)16(15)18(21)22)19-9-3-5-11-4-1-2-6-14(11)19/h1-2,4,6-8,12-13,15-16H,3,5,9-10H2,(H,21,22)/t12-,13+,15+,16+/m1/s1. The van der Waals surface area contributed by atoms with Crippen molar-refractivity contribution in [3.63, 3.8) is 0 Å². The Bertz CT molecular complexity index is 666. The van der Waals surface area contributed by atoms with E-state index < -0.39 is 17.8 Å². The lowest BCUT2D eigenvalue weighted by atomic mass is 9.81. The summed E-state index contributed by atoms with van der Waals surface area (Å²) in [5.41, 5.74) is 2.15. The summed E-state index contributed by atoms with van der Waals surface area (Å²) in [7, 11) is 0. The number of rotatable bonds is 2. The minimum absolute atomic E-state index is 0.00333. The van der Waals surface area contributed by atoms with Crippen LogP contribution in [0.15, 0.2) is 36.4 Å². The zero-order chi connectivity index (χ0) is 15.3. The molecule has 1 aromatic rings. The predicted octanol–water partition coefficient (Wildman–Crippen LogP) is 2.49. The molecule has 2 bridgehead atoms. The molecule has 1 amide bonds. The summed E-state index contributed by atoms with van der Waals surface area (Å²) in [4.78, 5) is 26.6. The Hall–Kier alpha value is -2.10. The second-order valence-corrected chi connectivity index (χ2v) is 6.56. The van der Waals surface area contributed by atoms with E-state index in [1.807, 2.05) is 35.3 Å². The van der Waals surface area contributed by atoms with Gasteiger partial charge in [0.15, 0.2) is 0 Å². The van der Waals surface area contributed by atoms with Crippen molar-refractivity contribution in [2.75, 3.05) is 11.4 Å². The van der Waals surface area contributed by atoms with E-state index >= 15 is 0 Å². The van der Waals surface area contributed by atoms with Gasteiger partial charge in [0, 0.05) is 12.2 Å². The van der Waals surface area contributed by atoms with Crippen LogP contribution in [0.3, 0.4) is 0 Å². The number of anilines is 1. The van der Waals surface area contributed by atoms with Crippen LogP contribution in [-0.2, 0) is 16.0 Å². The van der Waals surface area contributed by atoms with Crippen molar-refractivity contribution in [2.24, 2.45) is 23.7 Å². The number of carboxylic acid groups (broad SMARTS) is 1. The van der Waals surface area contributed by atoms with Gasteiger partial charge in [-0.15, -0.1) is 0 Å². The molecule has 1 fully saturated rings. The molecular weight excluding hydrogens is 278 g/mol. The first-order valence-electron chi connectivity index (χ1n) is 7.97. The van der Waals surface area contributed by atoms with Gasteiger partial charge in [0.2, 0.25) is 5.91 Å². The second-order valence-electron chi connectivity index (χ2n) is 6.56. The van der Waals surface area contributed by atoms with Crippen molar-refractivity contribution in [2.45, 2.75) is 19.3 Å². The van der Waals surface area contributed by atoms with E-state index in [2.05, 4.69) is 6.07 Å². The highest BCUT2D eigenvalue weighted by Gasteiger charge is 2.52. The number of carbonyl (C=O) groups is 2. The highest BCUT2D eigenvalue weighted by atomic mass is 16.4. The Morgan fingerprint density at radius 1 is 1.09 bits per heavy atom. The van der Waals surface area contributed by atoms with Crippen LogP contribution in [0.5, 0.6) is 0 Å². The van der Waals surface area contributed by atoms with Gasteiger partial charge < -0.3 is 10.0 Å². The second kappa shape index (κ2) is 4.97. The maximum Gasteiger partial charge on any atom is 0.307 e. The van der Waals surface area contributed by atoms with Crippen LogP contribution in [0.4, 0.5) is 5.69 Å². The molecule has 2 aliphatic carbocycles. The molecule has 4 atom stereocenters. The van der Waals surface area contributed by atoms with Crippen LogP contribution < -0.4 is 4.90 Å². The number of para-hydroxylation sites is 1. The molecule has 1 heterocycles.